The number of nitrogens with zero attached hydrogens (tertiary/aromatic N) is 8. The molecular formula is C42H42N12Na2O8S2. The first-order valence-corrected chi connectivity index (χ1v) is 22.8. The average Bonchev–Trinajstić information content (AvgIpc) is 3.27. The van der Waals surface area contributed by atoms with Crippen molar-refractivity contribution in [2.24, 2.45) is 0 Å². The van der Waals surface area contributed by atoms with E-state index in [1.165, 1.54) is 36.4 Å². The van der Waals surface area contributed by atoms with Crippen LogP contribution in [0, 0.1) is 13.8 Å². The summed E-state index contributed by atoms with van der Waals surface area (Å²) in [5.74, 6) is 1.28. The van der Waals surface area contributed by atoms with Crippen LogP contribution < -0.4 is 90.2 Å². The van der Waals surface area contributed by atoms with E-state index in [2.05, 4.69) is 51.2 Å². The Morgan fingerprint density at radius 2 is 0.864 bits per heavy atom. The first-order chi connectivity index (χ1) is 30.7. The summed E-state index contributed by atoms with van der Waals surface area (Å²) in [5.41, 5.74) is 3.62. The quantitative estimate of drug-likeness (QED) is 0.0598. The van der Waals surface area contributed by atoms with Gasteiger partial charge in [0.25, 0.3) is 0 Å². The molecule has 0 radical (unpaired) electrons. The van der Waals surface area contributed by atoms with Crippen LogP contribution in [0.1, 0.15) is 22.3 Å². The maximum atomic E-state index is 12.7. The smallest absolute Gasteiger partial charge is 0.744 e. The number of benzene rings is 4. The molecule has 20 nitrogen and oxygen atoms in total. The number of ether oxygens (including phenoxy) is 2. The Hall–Kier alpha value is -4.82. The van der Waals surface area contributed by atoms with Crippen molar-refractivity contribution in [1.29, 1.82) is 0 Å². The van der Waals surface area contributed by atoms with Gasteiger partial charge < -0.3 is 49.6 Å². The Labute approximate surface area is 426 Å². The molecule has 2 aliphatic rings. The van der Waals surface area contributed by atoms with Gasteiger partial charge in [-0.25, -0.2) is 16.8 Å². The third-order valence-corrected chi connectivity index (χ3v) is 11.9. The Morgan fingerprint density at radius 3 is 1.21 bits per heavy atom. The van der Waals surface area contributed by atoms with Gasteiger partial charge in [0, 0.05) is 48.9 Å². The van der Waals surface area contributed by atoms with Gasteiger partial charge in [0.1, 0.15) is 20.2 Å². The minimum absolute atomic E-state index is 0. The van der Waals surface area contributed by atoms with Gasteiger partial charge in [-0.15, -0.1) is 0 Å². The van der Waals surface area contributed by atoms with E-state index in [9.17, 15) is 25.9 Å². The Balaban J connectivity index is 0.00000360. The first-order valence-electron chi connectivity index (χ1n) is 20.0. The van der Waals surface area contributed by atoms with Gasteiger partial charge in [0.05, 0.1) is 36.2 Å². The fraction of sp³-hybridized carbons (Fsp3) is 0.238. The topological polar surface area (TPSA) is 265 Å². The largest absolute Gasteiger partial charge is 1.00 e. The standard InChI is InChI=1S/C42H44N12O8S2.2Na/c1-27-7-3-5-9-33(27)45-39-47-37(49-41(51-39)53-17-21-61-22-18-53)43-31-15-13-29(35(25-31)63(55,56)57)11-12-30-14-16-32(26-36(30)64(58,59)60)44-38-48-40(46-34-10-6-4-8-28(34)2)52-42(50-38)54-19-23-62-24-20-54;;/h3-16,25-26H,17-24H2,1-2H3,(H,55,56,57)(H,58,59,60)(H2,43,45,47,49,51)(H2,44,46,48,50,52);;/q;2*+1/p-2. The molecule has 2 aromatic heterocycles. The molecule has 0 aliphatic carbocycles. The van der Waals surface area contributed by atoms with E-state index in [-0.39, 0.29) is 105 Å². The van der Waals surface area contributed by atoms with Crippen LogP contribution in [-0.4, -0.2) is 108 Å². The summed E-state index contributed by atoms with van der Waals surface area (Å²) in [6, 6.07) is 23.1. The van der Waals surface area contributed by atoms with Gasteiger partial charge in [-0.05, 0) is 72.5 Å². The second kappa shape index (κ2) is 22.3. The predicted molar refractivity (Wildman–Crippen MR) is 239 cm³/mol. The summed E-state index contributed by atoms with van der Waals surface area (Å²) in [5, 5.41) is 12.4. The molecule has 4 aromatic carbocycles. The molecule has 0 atom stereocenters. The van der Waals surface area contributed by atoms with Crippen molar-refractivity contribution in [3.63, 3.8) is 0 Å². The zero-order valence-corrected chi connectivity index (χ0v) is 42.2. The summed E-state index contributed by atoms with van der Waals surface area (Å²) in [6.45, 7) is 7.89. The van der Waals surface area contributed by atoms with Crippen molar-refractivity contribution in [2.45, 2.75) is 23.6 Å². The molecule has 0 saturated carbocycles. The molecule has 2 saturated heterocycles. The maximum Gasteiger partial charge on any atom is 1.00 e. The molecule has 4 heterocycles. The minimum atomic E-state index is -5.10. The van der Waals surface area contributed by atoms with Crippen molar-refractivity contribution < 1.29 is 94.5 Å². The monoisotopic (exact) mass is 952 g/mol. The van der Waals surface area contributed by atoms with Crippen molar-refractivity contribution >= 4 is 90.8 Å². The molecule has 6 aromatic rings. The summed E-state index contributed by atoms with van der Waals surface area (Å²) in [7, 11) is -10.2. The summed E-state index contributed by atoms with van der Waals surface area (Å²) in [6.07, 6.45) is 2.47. The van der Waals surface area contributed by atoms with Crippen molar-refractivity contribution in [3.05, 3.63) is 107 Å². The van der Waals surface area contributed by atoms with Gasteiger partial charge in [-0.3, -0.25) is 0 Å². The van der Waals surface area contributed by atoms with E-state index >= 15 is 0 Å². The van der Waals surface area contributed by atoms with E-state index in [4.69, 9.17) is 9.47 Å². The zero-order chi connectivity index (χ0) is 44.8. The number of nitrogens with one attached hydrogen (secondary N) is 4. The maximum absolute atomic E-state index is 12.7. The van der Waals surface area contributed by atoms with Gasteiger partial charge in [-0.2, -0.15) is 29.9 Å². The van der Waals surface area contributed by atoms with Gasteiger partial charge >= 0.3 is 59.1 Å². The fourth-order valence-electron chi connectivity index (χ4n) is 6.80. The Morgan fingerprint density at radius 1 is 0.515 bits per heavy atom. The number of para-hydroxylation sites is 2. The van der Waals surface area contributed by atoms with E-state index in [1.807, 2.05) is 72.2 Å². The second-order valence-electron chi connectivity index (χ2n) is 14.6. The molecule has 332 valence electrons. The molecule has 24 heteroatoms. The van der Waals surface area contributed by atoms with Crippen molar-refractivity contribution in [3.8, 4) is 0 Å². The molecular weight excluding hydrogens is 911 g/mol. The van der Waals surface area contributed by atoms with Crippen LogP contribution in [0.3, 0.4) is 0 Å². The van der Waals surface area contributed by atoms with Crippen LogP contribution in [0.2, 0.25) is 0 Å². The zero-order valence-electron chi connectivity index (χ0n) is 36.6. The van der Waals surface area contributed by atoms with Crippen LogP contribution in [-0.2, 0) is 29.7 Å². The normalized spacial score (nSPS) is 14.2. The third kappa shape index (κ3) is 13.0. The van der Waals surface area contributed by atoms with E-state index in [1.54, 1.807) is 0 Å². The number of anilines is 10. The predicted octanol–water partition coefficient (Wildman–Crippen LogP) is -0.692. The average molecular weight is 953 g/mol. The number of hydrogen-bond donors (Lipinski definition) is 4. The molecule has 0 unspecified atom stereocenters. The van der Waals surface area contributed by atoms with Crippen LogP contribution in [0.5, 0.6) is 0 Å². The first kappa shape index (κ1) is 50.6. The van der Waals surface area contributed by atoms with E-state index in [0.29, 0.717) is 64.5 Å². The fourth-order valence-corrected chi connectivity index (χ4v) is 8.19. The molecule has 66 heavy (non-hydrogen) atoms. The van der Waals surface area contributed by atoms with Crippen LogP contribution in [0.4, 0.5) is 58.4 Å². The number of rotatable bonds is 14. The Bertz CT molecular complexity index is 2750. The second-order valence-corrected chi connectivity index (χ2v) is 17.3. The van der Waals surface area contributed by atoms with Crippen molar-refractivity contribution in [2.75, 3.05) is 83.7 Å². The molecule has 0 amide bonds. The van der Waals surface area contributed by atoms with Gasteiger partial charge in [0.15, 0.2) is 0 Å². The molecule has 8 rings (SSSR count). The number of aromatic nitrogens is 6. The number of hydrogen-bond acceptors (Lipinski definition) is 20. The van der Waals surface area contributed by atoms with Crippen LogP contribution in [0.15, 0.2) is 94.7 Å². The Kier molecular flexibility index (Phi) is 17.1. The van der Waals surface area contributed by atoms with E-state index < -0.39 is 30.0 Å². The molecule has 2 aliphatic heterocycles. The summed E-state index contributed by atoms with van der Waals surface area (Å²) < 4.78 is 86.9. The number of morpholine rings is 2. The van der Waals surface area contributed by atoms with Crippen LogP contribution >= 0.6 is 0 Å². The van der Waals surface area contributed by atoms with Crippen LogP contribution in [0.25, 0.3) is 12.2 Å². The van der Waals surface area contributed by atoms with E-state index in [0.717, 1.165) is 34.6 Å². The molecule has 4 N–H and O–H groups in total. The summed E-state index contributed by atoms with van der Waals surface area (Å²) in [4.78, 5) is 30.0. The minimum Gasteiger partial charge on any atom is -0.744 e. The molecule has 0 spiro atoms. The number of aryl methyl sites for hydroxylation is 2. The van der Waals surface area contributed by atoms with Gasteiger partial charge in [-0.1, -0.05) is 60.7 Å². The molecule has 2 fully saturated rings. The van der Waals surface area contributed by atoms with Gasteiger partial charge in [0.2, 0.25) is 35.7 Å². The summed E-state index contributed by atoms with van der Waals surface area (Å²) >= 11 is 0. The third-order valence-electron chi connectivity index (χ3n) is 10.1. The molecule has 0 bridgehead atoms. The van der Waals surface area contributed by atoms with Crippen molar-refractivity contribution in [1.82, 2.24) is 29.9 Å². The SMILES string of the molecule is Cc1ccccc1Nc1nc(Nc2ccc(C=Cc3ccc(Nc4nc(Nc5ccccc5C)nc(N5CCOCC5)n4)cc3S(=O)(=O)[O-])c(S(=O)(=O)[O-])c2)nc(N2CCOCC2)n1.[Na+].[Na+].